The maximum Gasteiger partial charge on any atom is 0.247 e. The molecule has 3 fully saturated rings. The molecule has 1 saturated carbocycles. The molecule has 2 aliphatic heterocycles. The first kappa shape index (κ1) is 18.2. The first-order valence-electron chi connectivity index (χ1n) is 9.76. The van der Waals surface area contributed by atoms with E-state index in [9.17, 15) is 9.59 Å². The number of likely N-dealkylation sites (tertiary alicyclic amines) is 1. The third-order valence-electron chi connectivity index (χ3n) is 6.01. The molecule has 0 radical (unpaired) electrons. The van der Waals surface area contributed by atoms with Crippen molar-refractivity contribution >= 4 is 11.8 Å². The van der Waals surface area contributed by atoms with E-state index in [4.69, 9.17) is 4.74 Å². The maximum absolute atomic E-state index is 12.8. The number of carbonyl (C=O) groups is 2. The first-order valence-corrected chi connectivity index (χ1v) is 9.76. The standard InChI is InChI=1S/C20H28N4O3/c1-4-17(25)23-12-20(13-23)9-7-15(27-20)11-21-18(26)19(2,3)24-10-8-16(22-24)14-5-6-14/h4,8,10,14-15H,1,5-7,9,11-13H2,2-3H3,(H,21,26). The highest BCUT2D eigenvalue weighted by Gasteiger charge is 2.50. The second-order valence-corrected chi connectivity index (χ2v) is 8.59. The Morgan fingerprint density at radius 1 is 1.41 bits per heavy atom. The normalized spacial score (nSPS) is 23.9. The molecule has 1 aromatic rings. The second kappa shape index (κ2) is 6.48. The summed E-state index contributed by atoms with van der Waals surface area (Å²) in [5.74, 6) is 0.463. The van der Waals surface area contributed by atoms with Crippen molar-refractivity contribution in [1.82, 2.24) is 20.0 Å². The van der Waals surface area contributed by atoms with Gasteiger partial charge in [-0.25, -0.2) is 0 Å². The van der Waals surface area contributed by atoms with Crippen LogP contribution >= 0.6 is 0 Å². The second-order valence-electron chi connectivity index (χ2n) is 8.59. The molecule has 2 saturated heterocycles. The summed E-state index contributed by atoms with van der Waals surface area (Å²) < 4.78 is 7.92. The molecule has 1 aromatic heterocycles. The summed E-state index contributed by atoms with van der Waals surface area (Å²) in [6, 6.07) is 2.02. The lowest BCUT2D eigenvalue weighted by molar-refractivity contribution is -0.160. The van der Waals surface area contributed by atoms with E-state index in [1.807, 2.05) is 26.1 Å². The molecule has 146 valence electrons. The molecular formula is C20H28N4O3. The fourth-order valence-corrected chi connectivity index (χ4v) is 3.98. The average Bonchev–Trinajstić information content (AvgIpc) is 3.19. The Morgan fingerprint density at radius 3 is 2.81 bits per heavy atom. The van der Waals surface area contributed by atoms with Gasteiger partial charge in [0.2, 0.25) is 11.8 Å². The van der Waals surface area contributed by atoms with Gasteiger partial charge in [-0.3, -0.25) is 14.3 Å². The van der Waals surface area contributed by atoms with Crippen LogP contribution in [0.3, 0.4) is 0 Å². The molecule has 7 nitrogen and oxygen atoms in total. The largest absolute Gasteiger partial charge is 0.366 e. The van der Waals surface area contributed by atoms with E-state index in [1.165, 1.54) is 18.9 Å². The van der Waals surface area contributed by atoms with Crippen molar-refractivity contribution in [2.75, 3.05) is 19.6 Å². The van der Waals surface area contributed by atoms with Crippen LogP contribution in [0, 0.1) is 0 Å². The van der Waals surface area contributed by atoms with Gasteiger partial charge in [-0.1, -0.05) is 6.58 Å². The fourth-order valence-electron chi connectivity index (χ4n) is 3.98. The number of ether oxygens (including phenoxy) is 1. The number of aromatic nitrogens is 2. The van der Waals surface area contributed by atoms with Crippen LogP contribution in [-0.4, -0.2) is 57.8 Å². The van der Waals surface area contributed by atoms with Gasteiger partial charge in [0.1, 0.15) is 11.1 Å². The van der Waals surface area contributed by atoms with Crippen LogP contribution in [0.25, 0.3) is 0 Å². The van der Waals surface area contributed by atoms with Gasteiger partial charge in [0, 0.05) is 18.7 Å². The van der Waals surface area contributed by atoms with E-state index in [0.29, 0.717) is 25.6 Å². The van der Waals surface area contributed by atoms with Crippen molar-refractivity contribution in [3.05, 3.63) is 30.6 Å². The highest BCUT2D eigenvalue weighted by Crippen LogP contribution is 2.39. The van der Waals surface area contributed by atoms with Crippen LogP contribution in [0.2, 0.25) is 0 Å². The fraction of sp³-hybridized carbons (Fsp3) is 0.650. The van der Waals surface area contributed by atoms with Crippen LogP contribution < -0.4 is 5.32 Å². The van der Waals surface area contributed by atoms with E-state index < -0.39 is 5.54 Å². The van der Waals surface area contributed by atoms with Gasteiger partial charge in [-0.15, -0.1) is 0 Å². The van der Waals surface area contributed by atoms with Crippen molar-refractivity contribution in [3.8, 4) is 0 Å². The molecule has 0 aromatic carbocycles. The van der Waals surface area contributed by atoms with E-state index in [0.717, 1.165) is 18.5 Å². The summed E-state index contributed by atoms with van der Waals surface area (Å²) in [6.45, 7) is 9.00. The van der Waals surface area contributed by atoms with Gasteiger partial charge in [-0.05, 0) is 51.7 Å². The van der Waals surface area contributed by atoms with Gasteiger partial charge < -0.3 is 15.0 Å². The number of amides is 2. The topological polar surface area (TPSA) is 76.5 Å². The average molecular weight is 372 g/mol. The molecule has 3 heterocycles. The number of rotatable bonds is 6. The molecule has 1 spiro atoms. The van der Waals surface area contributed by atoms with Gasteiger partial charge in [0.15, 0.2) is 0 Å². The number of hydrogen-bond donors (Lipinski definition) is 1. The lowest BCUT2D eigenvalue weighted by atomic mass is 9.90. The lowest BCUT2D eigenvalue weighted by Crippen LogP contribution is -2.63. The summed E-state index contributed by atoms with van der Waals surface area (Å²) in [7, 11) is 0. The Morgan fingerprint density at radius 2 is 2.15 bits per heavy atom. The number of nitrogens with zero attached hydrogens (tertiary/aromatic N) is 3. The molecule has 0 bridgehead atoms. The molecule has 2 amide bonds. The Balaban J connectivity index is 1.28. The Labute approximate surface area is 159 Å². The maximum atomic E-state index is 12.8. The summed E-state index contributed by atoms with van der Waals surface area (Å²) in [4.78, 5) is 26.1. The summed E-state index contributed by atoms with van der Waals surface area (Å²) >= 11 is 0. The molecule has 1 N–H and O–H groups in total. The minimum Gasteiger partial charge on any atom is -0.366 e. The molecule has 7 heteroatoms. The molecule has 1 unspecified atom stereocenters. The molecular weight excluding hydrogens is 344 g/mol. The monoisotopic (exact) mass is 372 g/mol. The van der Waals surface area contributed by atoms with E-state index in [-0.39, 0.29) is 23.5 Å². The zero-order chi connectivity index (χ0) is 19.2. The van der Waals surface area contributed by atoms with Crippen molar-refractivity contribution in [2.24, 2.45) is 0 Å². The smallest absolute Gasteiger partial charge is 0.247 e. The summed E-state index contributed by atoms with van der Waals surface area (Å²) in [6.07, 6.45) is 7.43. The summed E-state index contributed by atoms with van der Waals surface area (Å²) in [5.41, 5.74) is 0.109. The lowest BCUT2D eigenvalue weighted by Gasteiger charge is -2.47. The van der Waals surface area contributed by atoms with Crippen molar-refractivity contribution in [1.29, 1.82) is 0 Å². The Bertz CT molecular complexity index is 759. The SMILES string of the molecule is C=CC(=O)N1CC2(CCC(CNC(=O)C(C)(C)n3ccc(C4CC4)n3)O2)C1. The zero-order valence-electron chi connectivity index (χ0n) is 16.1. The van der Waals surface area contributed by atoms with Crippen LogP contribution in [0.15, 0.2) is 24.9 Å². The third-order valence-corrected chi connectivity index (χ3v) is 6.01. The quantitative estimate of drug-likeness (QED) is 0.769. The van der Waals surface area contributed by atoms with Crippen LogP contribution in [-0.2, 0) is 19.9 Å². The van der Waals surface area contributed by atoms with Crippen molar-refractivity contribution in [2.45, 2.75) is 62.7 Å². The minimum atomic E-state index is -0.743. The predicted octanol–water partition coefficient (Wildman–Crippen LogP) is 1.56. The number of hydrogen-bond acceptors (Lipinski definition) is 4. The molecule has 4 rings (SSSR count). The van der Waals surface area contributed by atoms with Gasteiger partial charge >= 0.3 is 0 Å². The zero-order valence-corrected chi connectivity index (χ0v) is 16.1. The van der Waals surface area contributed by atoms with Gasteiger partial charge in [0.25, 0.3) is 0 Å². The van der Waals surface area contributed by atoms with Gasteiger partial charge in [-0.2, -0.15) is 5.10 Å². The highest BCUT2D eigenvalue weighted by molar-refractivity contribution is 5.88. The van der Waals surface area contributed by atoms with E-state index >= 15 is 0 Å². The van der Waals surface area contributed by atoms with E-state index in [1.54, 1.807) is 9.58 Å². The Hall–Kier alpha value is -2.15. The van der Waals surface area contributed by atoms with Gasteiger partial charge in [0.05, 0.1) is 24.9 Å². The van der Waals surface area contributed by atoms with Crippen LogP contribution in [0.1, 0.15) is 51.1 Å². The molecule has 1 atom stereocenters. The molecule has 27 heavy (non-hydrogen) atoms. The van der Waals surface area contributed by atoms with E-state index in [2.05, 4.69) is 17.0 Å². The van der Waals surface area contributed by atoms with Crippen LogP contribution in [0.4, 0.5) is 0 Å². The Kier molecular flexibility index (Phi) is 4.37. The number of carbonyl (C=O) groups excluding carboxylic acids is 2. The number of nitrogens with one attached hydrogen (secondary N) is 1. The van der Waals surface area contributed by atoms with Crippen molar-refractivity contribution < 1.29 is 14.3 Å². The minimum absolute atomic E-state index is 0.00891. The predicted molar refractivity (Wildman–Crippen MR) is 100 cm³/mol. The molecule has 1 aliphatic carbocycles. The van der Waals surface area contributed by atoms with Crippen LogP contribution in [0.5, 0.6) is 0 Å². The first-order chi connectivity index (χ1) is 12.8. The molecule has 3 aliphatic rings. The third kappa shape index (κ3) is 3.40. The van der Waals surface area contributed by atoms with Crippen molar-refractivity contribution in [3.63, 3.8) is 0 Å². The summed E-state index contributed by atoms with van der Waals surface area (Å²) in [5, 5.41) is 7.63. The highest BCUT2D eigenvalue weighted by atomic mass is 16.5.